The Hall–Kier alpha value is -2.69. The largest absolute Gasteiger partial charge is 0.497 e. The molecule has 5 heteroatoms. The highest BCUT2D eigenvalue weighted by molar-refractivity contribution is 6.07. The lowest BCUT2D eigenvalue weighted by Gasteiger charge is -2.21. The van der Waals surface area contributed by atoms with E-state index in [1.807, 2.05) is 32.9 Å². The molecule has 0 saturated heterocycles. The van der Waals surface area contributed by atoms with Crippen LogP contribution in [0.2, 0.25) is 0 Å². The van der Waals surface area contributed by atoms with Gasteiger partial charge in [-0.25, -0.2) is 0 Å². The van der Waals surface area contributed by atoms with E-state index in [9.17, 15) is 4.79 Å². The fourth-order valence-electron chi connectivity index (χ4n) is 2.03. The van der Waals surface area contributed by atoms with Crippen LogP contribution in [0.3, 0.4) is 0 Å². The van der Waals surface area contributed by atoms with Gasteiger partial charge >= 0.3 is 0 Å². The SMILES string of the molecule is COc1ccc(C(=O)Nc2ccc(OC(C)(C)C)cc2)c(N)c1. The number of amides is 1. The number of rotatable bonds is 4. The molecule has 0 bridgehead atoms. The van der Waals surface area contributed by atoms with E-state index in [0.717, 1.165) is 5.75 Å². The van der Waals surface area contributed by atoms with Gasteiger partial charge in [-0.1, -0.05) is 0 Å². The van der Waals surface area contributed by atoms with Gasteiger partial charge in [0.25, 0.3) is 5.91 Å². The third-order valence-corrected chi connectivity index (χ3v) is 3.04. The van der Waals surface area contributed by atoms with Gasteiger partial charge in [-0.15, -0.1) is 0 Å². The number of benzene rings is 2. The zero-order chi connectivity index (χ0) is 17.0. The number of carbonyl (C=O) groups is 1. The maximum absolute atomic E-state index is 12.3. The van der Waals surface area contributed by atoms with Crippen molar-refractivity contribution in [2.45, 2.75) is 26.4 Å². The maximum atomic E-state index is 12.3. The Morgan fingerprint density at radius 3 is 2.17 bits per heavy atom. The summed E-state index contributed by atoms with van der Waals surface area (Å²) in [4.78, 5) is 12.3. The molecule has 2 aromatic carbocycles. The first kappa shape index (κ1) is 16.7. The number of methoxy groups -OCH3 is 1. The summed E-state index contributed by atoms with van der Waals surface area (Å²) >= 11 is 0. The van der Waals surface area contributed by atoms with E-state index in [0.29, 0.717) is 22.7 Å². The zero-order valence-corrected chi connectivity index (χ0v) is 13.8. The molecule has 0 spiro atoms. The van der Waals surface area contributed by atoms with Crippen LogP contribution in [0.25, 0.3) is 0 Å². The fourth-order valence-corrected chi connectivity index (χ4v) is 2.03. The van der Waals surface area contributed by atoms with Crippen molar-refractivity contribution in [1.29, 1.82) is 0 Å². The smallest absolute Gasteiger partial charge is 0.257 e. The third-order valence-electron chi connectivity index (χ3n) is 3.04. The summed E-state index contributed by atoms with van der Waals surface area (Å²) in [6, 6.07) is 12.2. The number of hydrogen-bond donors (Lipinski definition) is 2. The molecule has 2 rings (SSSR count). The molecule has 0 aliphatic rings. The molecule has 2 aromatic rings. The van der Waals surface area contributed by atoms with Crippen LogP contribution in [-0.4, -0.2) is 18.6 Å². The molecule has 0 saturated carbocycles. The van der Waals surface area contributed by atoms with Gasteiger partial charge in [-0.2, -0.15) is 0 Å². The molecule has 0 aliphatic carbocycles. The zero-order valence-electron chi connectivity index (χ0n) is 13.8. The van der Waals surface area contributed by atoms with Crippen molar-refractivity contribution in [3.8, 4) is 11.5 Å². The van der Waals surface area contributed by atoms with Crippen LogP contribution >= 0.6 is 0 Å². The second-order valence-electron chi connectivity index (χ2n) is 6.15. The van der Waals surface area contributed by atoms with Crippen LogP contribution in [0.1, 0.15) is 31.1 Å². The van der Waals surface area contributed by atoms with Crippen molar-refractivity contribution in [3.63, 3.8) is 0 Å². The molecule has 122 valence electrons. The topological polar surface area (TPSA) is 73.6 Å². The lowest BCUT2D eigenvalue weighted by atomic mass is 10.1. The monoisotopic (exact) mass is 314 g/mol. The van der Waals surface area contributed by atoms with Crippen LogP contribution < -0.4 is 20.5 Å². The Bertz CT molecular complexity index is 688. The molecular weight excluding hydrogens is 292 g/mol. The predicted molar refractivity (Wildman–Crippen MR) is 92.2 cm³/mol. The lowest BCUT2D eigenvalue weighted by molar-refractivity contribution is 0.102. The minimum Gasteiger partial charge on any atom is -0.497 e. The Balaban J connectivity index is 2.08. The van der Waals surface area contributed by atoms with E-state index in [1.54, 1.807) is 37.4 Å². The Morgan fingerprint density at radius 1 is 1.04 bits per heavy atom. The fraction of sp³-hybridized carbons (Fsp3) is 0.278. The number of hydrogen-bond acceptors (Lipinski definition) is 4. The second kappa shape index (κ2) is 6.60. The highest BCUT2D eigenvalue weighted by Crippen LogP contribution is 2.23. The molecule has 0 heterocycles. The minimum absolute atomic E-state index is 0.262. The second-order valence-corrected chi connectivity index (χ2v) is 6.15. The van der Waals surface area contributed by atoms with Crippen LogP contribution in [0, 0.1) is 0 Å². The van der Waals surface area contributed by atoms with Gasteiger partial charge in [0.2, 0.25) is 0 Å². The summed E-state index contributed by atoms with van der Waals surface area (Å²) in [6.07, 6.45) is 0. The number of carbonyl (C=O) groups excluding carboxylic acids is 1. The van der Waals surface area contributed by atoms with E-state index >= 15 is 0 Å². The summed E-state index contributed by atoms with van der Waals surface area (Å²) < 4.78 is 10.8. The number of nitrogen functional groups attached to an aromatic ring is 1. The highest BCUT2D eigenvalue weighted by atomic mass is 16.5. The van der Waals surface area contributed by atoms with E-state index in [2.05, 4.69) is 5.32 Å². The van der Waals surface area contributed by atoms with Gasteiger partial charge in [0.15, 0.2) is 0 Å². The molecule has 0 radical (unpaired) electrons. The van der Waals surface area contributed by atoms with Crippen LogP contribution in [0.4, 0.5) is 11.4 Å². The van der Waals surface area contributed by atoms with Crippen molar-refractivity contribution < 1.29 is 14.3 Å². The summed E-state index contributed by atoms with van der Waals surface area (Å²) in [5.74, 6) is 1.09. The maximum Gasteiger partial charge on any atom is 0.257 e. The standard InChI is InChI=1S/C18H22N2O3/c1-18(2,3)23-13-7-5-12(6-8-13)20-17(21)15-10-9-14(22-4)11-16(15)19/h5-11H,19H2,1-4H3,(H,20,21). The number of nitrogens with two attached hydrogens (primary N) is 1. The van der Waals surface area contributed by atoms with Gasteiger partial charge in [0.1, 0.15) is 17.1 Å². The van der Waals surface area contributed by atoms with Crippen LogP contribution in [0.5, 0.6) is 11.5 Å². The first-order chi connectivity index (χ1) is 10.8. The normalized spacial score (nSPS) is 11.0. The summed E-state index contributed by atoms with van der Waals surface area (Å²) in [7, 11) is 1.55. The molecule has 1 amide bonds. The van der Waals surface area contributed by atoms with E-state index < -0.39 is 0 Å². The first-order valence-corrected chi connectivity index (χ1v) is 7.32. The molecule has 23 heavy (non-hydrogen) atoms. The first-order valence-electron chi connectivity index (χ1n) is 7.32. The average molecular weight is 314 g/mol. The van der Waals surface area contributed by atoms with Crippen molar-refractivity contribution in [2.75, 3.05) is 18.2 Å². The lowest BCUT2D eigenvalue weighted by Crippen LogP contribution is -2.22. The molecule has 0 fully saturated rings. The van der Waals surface area contributed by atoms with Gasteiger partial charge < -0.3 is 20.5 Å². The molecule has 0 atom stereocenters. The molecule has 0 unspecified atom stereocenters. The van der Waals surface area contributed by atoms with E-state index in [1.165, 1.54) is 0 Å². The van der Waals surface area contributed by atoms with Gasteiger partial charge in [-0.3, -0.25) is 4.79 Å². The third kappa shape index (κ3) is 4.64. The van der Waals surface area contributed by atoms with Crippen molar-refractivity contribution in [1.82, 2.24) is 0 Å². The molecule has 0 aliphatic heterocycles. The predicted octanol–water partition coefficient (Wildman–Crippen LogP) is 3.71. The molecule has 3 N–H and O–H groups in total. The van der Waals surface area contributed by atoms with Crippen LogP contribution in [0.15, 0.2) is 42.5 Å². The molecular formula is C18H22N2O3. The average Bonchev–Trinajstić information content (AvgIpc) is 2.47. The van der Waals surface area contributed by atoms with Crippen molar-refractivity contribution in [2.24, 2.45) is 0 Å². The van der Waals surface area contributed by atoms with E-state index in [-0.39, 0.29) is 11.5 Å². The number of ether oxygens (including phenoxy) is 2. The van der Waals surface area contributed by atoms with Crippen molar-refractivity contribution >= 4 is 17.3 Å². The number of anilines is 2. The molecule has 0 aromatic heterocycles. The van der Waals surface area contributed by atoms with Gasteiger partial charge in [0.05, 0.1) is 12.7 Å². The Morgan fingerprint density at radius 2 is 1.65 bits per heavy atom. The van der Waals surface area contributed by atoms with Crippen molar-refractivity contribution in [3.05, 3.63) is 48.0 Å². The minimum atomic E-state index is -0.269. The van der Waals surface area contributed by atoms with Gasteiger partial charge in [0, 0.05) is 17.4 Å². The summed E-state index contributed by atoms with van der Waals surface area (Å²) in [5.41, 5.74) is 7.07. The highest BCUT2D eigenvalue weighted by Gasteiger charge is 2.13. The Kier molecular flexibility index (Phi) is 4.79. The quantitative estimate of drug-likeness (QED) is 0.844. The van der Waals surface area contributed by atoms with Crippen LogP contribution in [-0.2, 0) is 0 Å². The summed E-state index contributed by atoms with van der Waals surface area (Å²) in [5, 5.41) is 2.81. The summed E-state index contributed by atoms with van der Waals surface area (Å²) in [6.45, 7) is 5.94. The van der Waals surface area contributed by atoms with Gasteiger partial charge in [-0.05, 0) is 57.2 Å². The number of nitrogens with one attached hydrogen (secondary N) is 1. The van der Waals surface area contributed by atoms with E-state index in [4.69, 9.17) is 15.2 Å². The Labute approximate surface area is 136 Å². The molecule has 5 nitrogen and oxygen atoms in total.